The Hall–Kier alpha value is -2.58. The van der Waals surface area contributed by atoms with Crippen molar-refractivity contribution in [2.75, 3.05) is 18.4 Å². The zero-order valence-corrected chi connectivity index (χ0v) is 15.9. The number of alkyl halides is 2. The van der Waals surface area contributed by atoms with E-state index in [0.717, 1.165) is 5.69 Å². The van der Waals surface area contributed by atoms with Gasteiger partial charge >= 0.3 is 0 Å². The van der Waals surface area contributed by atoms with Gasteiger partial charge in [0.1, 0.15) is 5.66 Å². The lowest BCUT2D eigenvalue weighted by molar-refractivity contribution is 0.0175. The molecule has 2 aromatic heterocycles. The second-order valence-corrected chi connectivity index (χ2v) is 8.32. The molecule has 0 radical (unpaired) electrons. The van der Waals surface area contributed by atoms with Crippen molar-refractivity contribution in [3.8, 4) is 5.69 Å². The van der Waals surface area contributed by atoms with Gasteiger partial charge in [0.2, 0.25) is 0 Å². The molecule has 144 valence electrons. The van der Waals surface area contributed by atoms with Gasteiger partial charge in [-0.25, -0.2) is 13.8 Å². The summed E-state index contributed by atoms with van der Waals surface area (Å²) >= 11 is 0. The Morgan fingerprint density at radius 1 is 1.26 bits per heavy atom. The fourth-order valence-electron chi connectivity index (χ4n) is 3.22. The molecular weight excluding hydrogens is 352 g/mol. The number of halogens is 2. The molecule has 0 amide bonds. The predicted octanol–water partition coefficient (Wildman–Crippen LogP) is 2.94. The molecule has 2 aliphatic heterocycles. The highest BCUT2D eigenvalue weighted by Gasteiger charge is 2.47. The van der Waals surface area contributed by atoms with Crippen LogP contribution in [0.15, 0.2) is 29.5 Å². The highest BCUT2D eigenvalue weighted by atomic mass is 19.3. The summed E-state index contributed by atoms with van der Waals surface area (Å²) in [4.78, 5) is 10.6. The normalized spacial score (nSPS) is 24.4. The number of pyridine rings is 1. The number of aliphatic imine (C=N–C) groups is 1. The Labute approximate surface area is 156 Å². The number of amidine groups is 1. The summed E-state index contributed by atoms with van der Waals surface area (Å²) in [7, 11) is 0. The Morgan fingerprint density at radius 3 is 2.63 bits per heavy atom. The second-order valence-electron chi connectivity index (χ2n) is 8.32. The molecule has 27 heavy (non-hydrogen) atoms. The number of likely N-dealkylation sites (tertiary alicyclic amines) is 1. The van der Waals surface area contributed by atoms with Crippen molar-refractivity contribution in [2.45, 2.75) is 45.7 Å². The fraction of sp³-hybridized carbons (Fsp3) is 0.556. The minimum atomic E-state index is -2.72. The summed E-state index contributed by atoms with van der Waals surface area (Å²) in [6, 6.07) is 3.68. The maximum absolute atomic E-state index is 13.9. The minimum absolute atomic E-state index is 0.183. The number of fused-ring (bicyclic) bond motifs is 1. The number of nitrogens with one attached hydrogen (secondary N) is 1. The van der Waals surface area contributed by atoms with E-state index in [0.29, 0.717) is 17.3 Å². The summed E-state index contributed by atoms with van der Waals surface area (Å²) in [6.07, 6.45) is 3.18. The summed E-state index contributed by atoms with van der Waals surface area (Å²) in [6.45, 7) is 8.02. The van der Waals surface area contributed by atoms with Crippen LogP contribution in [-0.2, 0) is 0 Å². The maximum Gasteiger partial charge on any atom is 0.266 e. The molecule has 0 spiro atoms. The lowest BCUT2D eigenvalue weighted by atomic mass is 9.81. The van der Waals surface area contributed by atoms with E-state index >= 15 is 0 Å². The number of aromatic nitrogens is 4. The van der Waals surface area contributed by atoms with Crippen LogP contribution in [0.4, 0.5) is 14.6 Å². The second kappa shape index (κ2) is 5.71. The summed E-state index contributed by atoms with van der Waals surface area (Å²) < 4.78 is 29.4. The first-order valence-electron chi connectivity index (χ1n) is 8.97. The van der Waals surface area contributed by atoms with E-state index in [2.05, 4.69) is 41.4 Å². The molecule has 2 aliphatic rings. The van der Waals surface area contributed by atoms with E-state index in [1.54, 1.807) is 22.0 Å². The Balaban J connectivity index is 1.85. The molecule has 0 aliphatic carbocycles. The zero-order chi connectivity index (χ0) is 19.4. The molecule has 7 nitrogen and oxygen atoms in total. The molecule has 0 aromatic carbocycles. The van der Waals surface area contributed by atoms with E-state index < -0.39 is 11.6 Å². The van der Waals surface area contributed by atoms with Crippen LogP contribution < -0.4 is 5.32 Å². The van der Waals surface area contributed by atoms with Crippen molar-refractivity contribution >= 4 is 11.7 Å². The minimum Gasteiger partial charge on any atom is -0.349 e. The molecule has 1 unspecified atom stereocenters. The van der Waals surface area contributed by atoms with Crippen LogP contribution in [0.3, 0.4) is 0 Å². The van der Waals surface area contributed by atoms with Crippen molar-refractivity contribution in [1.82, 2.24) is 24.9 Å². The third-order valence-electron chi connectivity index (χ3n) is 5.39. The van der Waals surface area contributed by atoms with Crippen LogP contribution in [0, 0.1) is 5.41 Å². The maximum atomic E-state index is 13.9. The number of anilines is 1. The first-order chi connectivity index (χ1) is 12.6. The van der Waals surface area contributed by atoms with Gasteiger partial charge in [0, 0.05) is 24.6 Å². The van der Waals surface area contributed by atoms with E-state index in [1.165, 1.54) is 0 Å². The van der Waals surface area contributed by atoms with E-state index in [-0.39, 0.29) is 24.9 Å². The van der Waals surface area contributed by atoms with Crippen LogP contribution >= 0.6 is 0 Å². The van der Waals surface area contributed by atoms with Crippen molar-refractivity contribution in [3.63, 3.8) is 0 Å². The molecule has 2 aromatic rings. The molecule has 1 N–H and O–H groups in total. The summed E-state index contributed by atoms with van der Waals surface area (Å²) in [5, 5.41) is 11.9. The standard InChI is InChI=1S/C18H23F2N7/c1-16(2,3)17(4)22-14(26-9-7-18(19,20)11-26)13-15(23-17)27(25-24-13)12-6-5-8-21-10-12/h5-6,8,10,23H,7,9,11H2,1-4H3. The third-order valence-corrected chi connectivity index (χ3v) is 5.39. The topological polar surface area (TPSA) is 71.2 Å². The number of hydrogen-bond donors (Lipinski definition) is 1. The van der Waals surface area contributed by atoms with E-state index in [4.69, 9.17) is 4.99 Å². The van der Waals surface area contributed by atoms with Gasteiger partial charge in [0.25, 0.3) is 5.92 Å². The van der Waals surface area contributed by atoms with Gasteiger partial charge in [-0.2, -0.15) is 4.68 Å². The first kappa shape index (κ1) is 17.8. The molecule has 1 saturated heterocycles. The van der Waals surface area contributed by atoms with Crippen LogP contribution in [-0.4, -0.2) is 55.4 Å². The molecule has 1 fully saturated rings. The van der Waals surface area contributed by atoms with Crippen molar-refractivity contribution in [1.29, 1.82) is 0 Å². The van der Waals surface area contributed by atoms with Crippen molar-refractivity contribution < 1.29 is 8.78 Å². The zero-order valence-electron chi connectivity index (χ0n) is 15.9. The Morgan fingerprint density at radius 2 is 2.04 bits per heavy atom. The lowest BCUT2D eigenvalue weighted by Crippen LogP contribution is -2.51. The van der Waals surface area contributed by atoms with Gasteiger partial charge < -0.3 is 10.2 Å². The molecule has 4 heterocycles. The van der Waals surface area contributed by atoms with Crippen LogP contribution in [0.2, 0.25) is 0 Å². The highest BCUT2D eigenvalue weighted by molar-refractivity contribution is 6.03. The Bertz CT molecular complexity index is 885. The average molecular weight is 375 g/mol. The average Bonchev–Trinajstić information content (AvgIpc) is 3.17. The molecule has 1 atom stereocenters. The monoisotopic (exact) mass is 375 g/mol. The molecule has 4 rings (SSSR count). The fourth-order valence-corrected chi connectivity index (χ4v) is 3.22. The lowest BCUT2D eigenvalue weighted by Gasteiger charge is -2.43. The molecule has 0 bridgehead atoms. The van der Waals surface area contributed by atoms with Crippen molar-refractivity contribution in [2.24, 2.45) is 10.4 Å². The van der Waals surface area contributed by atoms with Crippen LogP contribution in [0.5, 0.6) is 0 Å². The number of rotatable bonds is 1. The van der Waals surface area contributed by atoms with Gasteiger partial charge in [0.05, 0.1) is 18.4 Å². The molecule has 0 saturated carbocycles. The molecule has 9 heteroatoms. The SMILES string of the molecule is CC(C)(C)C1(C)N=C(N2CCC(F)(F)C2)c2nnn(-c3cccnc3)c2N1. The summed E-state index contributed by atoms with van der Waals surface area (Å²) in [5.74, 6) is -1.61. The molecular formula is C18H23F2N7. The highest BCUT2D eigenvalue weighted by Crippen LogP contribution is 2.41. The first-order valence-corrected chi connectivity index (χ1v) is 8.97. The van der Waals surface area contributed by atoms with E-state index in [9.17, 15) is 8.78 Å². The quantitative estimate of drug-likeness (QED) is 0.830. The van der Waals surface area contributed by atoms with Crippen molar-refractivity contribution in [3.05, 3.63) is 30.2 Å². The van der Waals surface area contributed by atoms with Gasteiger partial charge in [0.15, 0.2) is 17.3 Å². The van der Waals surface area contributed by atoms with Gasteiger partial charge in [-0.05, 0) is 19.1 Å². The van der Waals surface area contributed by atoms with Gasteiger partial charge in [-0.1, -0.05) is 26.0 Å². The van der Waals surface area contributed by atoms with Crippen LogP contribution in [0.25, 0.3) is 5.69 Å². The third kappa shape index (κ3) is 2.94. The van der Waals surface area contributed by atoms with Gasteiger partial charge in [-0.3, -0.25) is 4.98 Å². The largest absolute Gasteiger partial charge is 0.349 e. The van der Waals surface area contributed by atoms with Crippen LogP contribution in [0.1, 0.15) is 39.8 Å². The number of nitrogens with zero attached hydrogens (tertiary/aromatic N) is 6. The number of hydrogen-bond acceptors (Lipinski definition) is 6. The summed E-state index contributed by atoms with van der Waals surface area (Å²) in [5.41, 5.74) is 0.234. The van der Waals surface area contributed by atoms with Gasteiger partial charge in [-0.15, -0.1) is 5.10 Å². The Kier molecular flexibility index (Phi) is 3.77. The smallest absolute Gasteiger partial charge is 0.266 e. The van der Waals surface area contributed by atoms with E-state index in [1.807, 2.05) is 19.1 Å². The predicted molar refractivity (Wildman–Crippen MR) is 98.3 cm³/mol.